The maximum absolute atomic E-state index is 5.80. The van der Waals surface area contributed by atoms with Crippen molar-refractivity contribution < 1.29 is 4.74 Å². The zero-order valence-corrected chi connectivity index (χ0v) is 9.55. The van der Waals surface area contributed by atoms with E-state index >= 15 is 0 Å². The molecule has 1 aromatic heterocycles. The summed E-state index contributed by atoms with van der Waals surface area (Å²) in [5.41, 5.74) is 2.22. The first-order chi connectivity index (χ1) is 7.77. The van der Waals surface area contributed by atoms with Gasteiger partial charge in [0.2, 0.25) is 0 Å². The number of fused-ring (bicyclic) bond motifs is 3. The van der Waals surface area contributed by atoms with Crippen LogP contribution < -0.4 is 0 Å². The summed E-state index contributed by atoms with van der Waals surface area (Å²) in [6.07, 6.45) is 0.0150. The molecule has 0 saturated heterocycles. The van der Waals surface area contributed by atoms with E-state index in [2.05, 4.69) is 20.7 Å². The quantitative estimate of drug-likeness (QED) is 0.727. The predicted molar refractivity (Wildman–Crippen MR) is 62.1 cm³/mol. The van der Waals surface area contributed by atoms with Crippen LogP contribution in [0.5, 0.6) is 0 Å². The summed E-state index contributed by atoms with van der Waals surface area (Å²) < 4.78 is 7.87. The van der Waals surface area contributed by atoms with Gasteiger partial charge in [0.05, 0.1) is 24.4 Å². The first-order valence-electron chi connectivity index (χ1n) is 5.51. The molecule has 84 valence electrons. The van der Waals surface area contributed by atoms with Crippen molar-refractivity contribution in [3.63, 3.8) is 0 Å². The third-order valence-electron chi connectivity index (χ3n) is 2.97. The Hall–Kier alpha value is -1.39. The number of nitrogens with zero attached hydrogens (tertiary/aromatic N) is 3. The Morgan fingerprint density at radius 2 is 2.19 bits per heavy atom. The average molecular weight is 217 g/mol. The molecule has 0 unspecified atom stereocenters. The van der Waals surface area contributed by atoms with Gasteiger partial charge in [-0.15, -0.1) is 0 Å². The molecule has 4 heteroatoms. The molecule has 0 bridgehead atoms. The van der Waals surface area contributed by atoms with E-state index in [4.69, 9.17) is 4.74 Å². The van der Waals surface area contributed by atoms with Crippen molar-refractivity contribution in [2.45, 2.75) is 12.8 Å². The number of ether oxygens (including phenoxy) is 1. The summed E-state index contributed by atoms with van der Waals surface area (Å²) >= 11 is 0. The number of rotatable bonds is 1. The van der Waals surface area contributed by atoms with Gasteiger partial charge in [0.15, 0.2) is 6.23 Å². The normalized spacial score (nSPS) is 20.3. The summed E-state index contributed by atoms with van der Waals surface area (Å²) in [5.74, 6) is 0. The Morgan fingerprint density at radius 1 is 1.38 bits per heavy atom. The maximum atomic E-state index is 5.80. The van der Waals surface area contributed by atoms with Gasteiger partial charge in [-0.3, -0.25) is 9.58 Å². The van der Waals surface area contributed by atoms with Crippen LogP contribution in [0.1, 0.15) is 11.9 Å². The summed E-state index contributed by atoms with van der Waals surface area (Å²) in [4.78, 5) is 2.08. The molecule has 0 N–H and O–H groups in total. The molecule has 0 fully saturated rings. The molecular formula is C12H15N3O. The summed E-state index contributed by atoms with van der Waals surface area (Å²) in [6.45, 7) is 1.57. The van der Waals surface area contributed by atoms with E-state index in [0.29, 0.717) is 0 Å². The third kappa shape index (κ3) is 1.34. The SMILES string of the molecule is CN(C)[C@@H]1OCCn2nc3ccccc3c21. The molecule has 3 rings (SSSR count). The molecule has 0 spiro atoms. The molecule has 2 aromatic rings. The maximum Gasteiger partial charge on any atom is 0.153 e. The van der Waals surface area contributed by atoms with Gasteiger partial charge in [-0.2, -0.15) is 5.10 Å². The van der Waals surface area contributed by atoms with Crippen LogP contribution in [-0.4, -0.2) is 35.4 Å². The van der Waals surface area contributed by atoms with E-state index in [1.165, 1.54) is 11.1 Å². The van der Waals surface area contributed by atoms with Crippen molar-refractivity contribution in [2.75, 3.05) is 20.7 Å². The molecule has 0 radical (unpaired) electrons. The Morgan fingerprint density at radius 3 is 3.00 bits per heavy atom. The highest BCUT2D eigenvalue weighted by Gasteiger charge is 2.26. The molecule has 1 aliphatic rings. The lowest BCUT2D eigenvalue weighted by Crippen LogP contribution is -2.31. The van der Waals surface area contributed by atoms with E-state index < -0.39 is 0 Å². The topological polar surface area (TPSA) is 30.3 Å². The number of hydrogen-bond acceptors (Lipinski definition) is 3. The fourth-order valence-corrected chi connectivity index (χ4v) is 2.25. The predicted octanol–water partition coefficient (Wildman–Crippen LogP) is 1.63. The van der Waals surface area contributed by atoms with Gasteiger partial charge >= 0.3 is 0 Å². The highest BCUT2D eigenvalue weighted by Crippen LogP contribution is 2.30. The van der Waals surface area contributed by atoms with Gasteiger partial charge < -0.3 is 4.74 Å². The second-order valence-electron chi connectivity index (χ2n) is 4.31. The van der Waals surface area contributed by atoms with Crippen molar-refractivity contribution in [3.8, 4) is 0 Å². The Kier molecular flexibility index (Phi) is 2.19. The number of benzene rings is 1. The lowest BCUT2D eigenvalue weighted by atomic mass is 10.2. The fourth-order valence-electron chi connectivity index (χ4n) is 2.25. The Balaban J connectivity index is 2.24. The van der Waals surface area contributed by atoms with Gasteiger partial charge in [-0.1, -0.05) is 18.2 Å². The molecule has 1 atom stereocenters. The van der Waals surface area contributed by atoms with E-state index in [0.717, 1.165) is 18.7 Å². The van der Waals surface area contributed by atoms with Crippen LogP contribution in [0.15, 0.2) is 24.3 Å². The Labute approximate surface area is 94.4 Å². The first kappa shape index (κ1) is 9.81. The number of hydrogen-bond donors (Lipinski definition) is 0. The molecule has 0 aliphatic carbocycles. The van der Waals surface area contributed by atoms with Crippen LogP contribution in [0.25, 0.3) is 10.9 Å². The van der Waals surface area contributed by atoms with Crippen molar-refractivity contribution in [1.82, 2.24) is 14.7 Å². The van der Waals surface area contributed by atoms with Crippen LogP contribution in [0, 0.1) is 0 Å². The highest BCUT2D eigenvalue weighted by atomic mass is 16.5. The van der Waals surface area contributed by atoms with Gasteiger partial charge in [0.25, 0.3) is 0 Å². The lowest BCUT2D eigenvalue weighted by Gasteiger charge is -2.29. The van der Waals surface area contributed by atoms with Crippen molar-refractivity contribution in [2.24, 2.45) is 0 Å². The van der Waals surface area contributed by atoms with Gasteiger partial charge in [0, 0.05) is 5.39 Å². The van der Waals surface area contributed by atoms with E-state index in [-0.39, 0.29) is 6.23 Å². The van der Waals surface area contributed by atoms with Crippen molar-refractivity contribution in [3.05, 3.63) is 30.0 Å². The molecule has 1 aromatic carbocycles. The van der Waals surface area contributed by atoms with Crippen LogP contribution in [0.2, 0.25) is 0 Å². The first-order valence-corrected chi connectivity index (χ1v) is 5.51. The zero-order valence-electron chi connectivity index (χ0n) is 9.55. The molecular weight excluding hydrogens is 202 g/mol. The van der Waals surface area contributed by atoms with E-state index in [1.807, 2.05) is 32.3 Å². The minimum atomic E-state index is 0.0150. The molecule has 0 saturated carbocycles. The molecule has 0 amide bonds. The van der Waals surface area contributed by atoms with Crippen molar-refractivity contribution >= 4 is 10.9 Å². The largest absolute Gasteiger partial charge is 0.355 e. The number of aromatic nitrogens is 2. The van der Waals surface area contributed by atoms with Gasteiger partial charge in [-0.05, 0) is 20.2 Å². The van der Waals surface area contributed by atoms with Crippen LogP contribution in [0.4, 0.5) is 0 Å². The highest BCUT2D eigenvalue weighted by molar-refractivity contribution is 5.81. The standard InChI is InChI=1S/C12H15N3O/c1-14(2)12-11-9-5-3-4-6-10(9)13-15(11)7-8-16-12/h3-6,12H,7-8H2,1-2H3/t12-/m1/s1. The van der Waals surface area contributed by atoms with Crippen molar-refractivity contribution in [1.29, 1.82) is 0 Å². The van der Waals surface area contributed by atoms with Gasteiger partial charge in [0.1, 0.15) is 0 Å². The van der Waals surface area contributed by atoms with E-state index in [9.17, 15) is 0 Å². The van der Waals surface area contributed by atoms with Crippen LogP contribution in [0.3, 0.4) is 0 Å². The molecule has 16 heavy (non-hydrogen) atoms. The van der Waals surface area contributed by atoms with Crippen LogP contribution >= 0.6 is 0 Å². The smallest absolute Gasteiger partial charge is 0.153 e. The molecule has 1 aliphatic heterocycles. The monoisotopic (exact) mass is 217 g/mol. The van der Waals surface area contributed by atoms with Crippen LogP contribution in [-0.2, 0) is 11.3 Å². The molecule has 2 heterocycles. The molecule has 4 nitrogen and oxygen atoms in total. The zero-order chi connectivity index (χ0) is 11.1. The third-order valence-corrected chi connectivity index (χ3v) is 2.97. The minimum absolute atomic E-state index is 0.0150. The minimum Gasteiger partial charge on any atom is -0.355 e. The summed E-state index contributed by atoms with van der Waals surface area (Å²) in [7, 11) is 4.06. The van der Waals surface area contributed by atoms with E-state index in [1.54, 1.807) is 0 Å². The average Bonchev–Trinajstić information content (AvgIpc) is 2.66. The second-order valence-corrected chi connectivity index (χ2v) is 4.31. The Bertz CT molecular complexity index is 518. The fraction of sp³-hybridized carbons (Fsp3) is 0.417. The second kappa shape index (κ2) is 3.57. The summed E-state index contributed by atoms with van der Waals surface area (Å²) in [5, 5.41) is 5.79. The summed E-state index contributed by atoms with van der Waals surface area (Å²) in [6, 6.07) is 8.23. The lowest BCUT2D eigenvalue weighted by molar-refractivity contribution is -0.0644. The van der Waals surface area contributed by atoms with Gasteiger partial charge in [-0.25, -0.2) is 0 Å².